The largest absolute Gasteiger partial charge is 0.497 e. The van der Waals surface area contributed by atoms with Gasteiger partial charge in [-0.1, -0.05) is 0 Å². The van der Waals surface area contributed by atoms with Crippen molar-refractivity contribution in [3.63, 3.8) is 0 Å². The second-order valence-electron chi connectivity index (χ2n) is 4.04. The van der Waals surface area contributed by atoms with Crippen LogP contribution in [0.2, 0.25) is 0 Å². The van der Waals surface area contributed by atoms with E-state index in [4.69, 9.17) is 14.6 Å². The molecule has 0 bridgehead atoms. The number of benzene rings is 2. The summed E-state index contributed by atoms with van der Waals surface area (Å²) in [6, 6.07) is 9.56. The van der Waals surface area contributed by atoms with Gasteiger partial charge in [0.05, 0.1) is 21.0 Å². The van der Waals surface area contributed by atoms with Crippen LogP contribution >= 0.6 is 31.9 Å². The lowest BCUT2D eigenvalue weighted by molar-refractivity contribution is 0.412. The maximum Gasteiger partial charge on any atom is 0.238 e. The third-order valence-electron chi connectivity index (χ3n) is 2.59. The van der Waals surface area contributed by atoms with Crippen molar-refractivity contribution in [2.75, 3.05) is 7.11 Å². The molecule has 0 fully saturated rings. The molecule has 0 radical (unpaired) electrons. The fraction of sp³-hybridized carbons (Fsp3) is 0.0769. The summed E-state index contributed by atoms with van der Waals surface area (Å²) in [6.45, 7) is 0. The standard InChI is InChI=1S/C13H11Br2NO4S/c1-19-8-2-4-12(10(14)6-8)20-13-5-3-9(7-11(13)15)21(16,17)18/h2-7H,1H3,(H2,16,17,18). The quantitative estimate of drug-likeness (QED) is 0.793. The lowest BCUT2D eigenvalue weighted by Gasteiger charge is -2.11. The van der Waals surface area contributed by atoms with Crippen LogP contribution in [0.25, 0.3) is 0 Å². The highest BCUT2D eigenvalue weighted by atomic mass is 79.9. The van der Waals surface area contributed by atoms with Crippen LogP contribution in [0.3, 0.4) is 0 Å². The highest BCUT2D eigenvalue weighted by Gasteiger charge is 2.12. The van der Waals surface area contributed by atoms with E-state index in [-0.39, 0.29) is 4.90 Å². The van der Waals surface area contributed by atoms with Gasteiger partial charge in [0.1, 0.15) is 17.2 Å². The molecule has 0 saturated carbocycles. The Morgan fingerprint density at radius 2 is 1.57 bits per heavy atom. The van der Waals surface area contributed by atoms with Gasteiger partial charge in [0.25, 0.3) is 0 Å². The Balaban J connectivity index is 2.32. The maximum atomic E-state index is 11.3. The van der Waals surface area contributed by atoms with Gasteiger partial charge in [-0.15, -0.1) is 0 Å². The number of sulfonamides is 1. The van der Waals surface area contributed by atoms with Crippen LogP contribution in [-0.4, -0.2) is 15.5 Å². The molecule has 0 saturated heterocycles. The number of hydrogen-bond donors (Lipinski definition) is 1. The zero-order valence-corrected chi connectivity index (χ0v) is 14.8. The molecule has 0 aliphatic rings. The molecule has 5 nitrogen and oxygen atoms in total. The minimum atomic E-state index is -3.74. The fourth-order valence-corrected chi connectivity index (χ4v) is 3.14. The maximum absolute atomic E-state index is 11.3. The molecule has 8 heteroatoms. The minimum absolute atomic E-state index is 0.00974. The van der Waals surface area contributed by atoms with Crippen LogP contribution in [-0.2, 0) is 10.0 Å². The van der Waals surface area contributed by atoms with Crippen molar-refractivity contribution in [3.05, 3.63) is 45.3 Å². The molecule has 0 aliphatic carbocycles. The van der Waals surface area contributed by atoms with E-state index in [1.165, 1.54) is 18.2 Å². The number of hydrogen-bond acceptors (Lipinski definition) is 4. The predicted octanol–water partition coefficient (Wildman–Crippen LogP) is 3.66. The molecule has 0 atom stereocenters. The van der Waals surface area contributed by atoms with Gasteiger partial charge in [0.15, 0.2) is 0 Å². The van der Waals surface area contributed by atoms with Gasteiger partial charge in [-0.2, -0.15) is 0 Å². The first-order chi connectivity index (χ1) is 9.81. The summed E-state index contributed by atoms with van der Waals surface area (Å²) >= 11 is 6.64. The van der Waals surface area contributed by atoms with Crippen molar-refractivity contribution in [2.45, 2.75) is 4.90 Å². The highest BCUT2D eigenvalue weighted by molar-refractivity contribution is 9.11. The summed E-state index contributed by atoms with van der Waals surface area (Å²) in [7, 11) is -2.17. The van der Waals surface area contributed by atoms with Gasteiger partial charge in [-0.25, -0.2) is 13.6 Å². The zero-order chi connectivity index (χ0) is 15.6. The SMILES string of the molecule is COc1ccc(Oc2ccc(S(N)(=O)=O)cc2Br)c(Br)c1. The Bertz CT molecular complexity index is 778. The summed E-state index contributed by atoms with van der Waals surface area (Å²) in [5.74, 6) is 1.73. The molecule has 2 aromatic rings. The van der Waals surface area contributed by atoms with E-state index in [0.29, 0.717) is 26.2 Å². The number of nitrogens with two attached hydrogens (primary N) is 1. The molecule has 0 aromatic heterocycles. The average Bonchev–Trinajstić information content (AvgIpc) is 2.41. The first-order valence-electron chi connectivity index (χ1n) is 5.65. The van der Waals surface area contributed by atoms with E-state index >= 15 is 0 Å². The Morgan fingerprint density at radius 1 is 1.00 bits per heavy atom. The molecule has 0 aliphatic heterocycles. The van der Waals surface area contributed by atoms with Crippen molar-refractivity contribution in [3.8, 4) is 17.2 Å². The van der Waals surface area contributed by atoms with Crippen LogP contribution in [0.4, 0.5) is 0 Å². The molecule has 2 rings (SSSR count). The summed E-state index contributed by atoms with van der Waals surface area (Å²) < 4.78 is 34.6. The fourth-order valence-electron chi connectivity index (χ4n) is 1.55. The molecular formula is C13H11Br2NO4S. The van der Waals surface area contributed by atoms with E-state index in [1.54, 1.807) is 25.3 Å². The first kappa shape index (κ1) is 16.3. The molecule has 0 spiro atoms. The normalized spacial score (nSPS) is 11.2. The van der Waals surface area contributed by atoms with Gasteiger partial charge < -0.3 is 9.47 Å². The van der Waals surface area contributed by atoms with E-state index in [0.717, 1.165) is 0 Å². The molecule has 2 aromatic carbocycles. The second-order valence-corrected chi connectivity index (χ2v) is 7.31. The molecular weight excluding hydrogens is 426 g/mol. The van der Waals surface area contributed by atoms with E-state index in [1.807, 2.05) is 0 Å². The van der Waals surface area contributed by atoms with Crippen LogP contribution in [0.1, 0.15) is 0 Å². The van der Waals surface area contributed by atoms with E-state index in [2.05, 4.69) is 31.9 Å². The smallest absolute Gasteiger partial charge is 0.238 e. The Morgan fingerprint density at radius 3 is 2.05 bits per heavy atom. The van der Waals surface area contributed by atoms with Gasteiger partial charge in [0, 0.05) is 0 Å². The molecule has 2 N–H and O–H groups in total. The van der Waals surface area contributed by atoms with Gasteiger partial charge in [-0.05, 0) is 68.3 Å². The summed E-state index contributed by atoms with van der Waals surface area (Å²) in [5, 5.41) is 5.07. The predicted molar refractivity (Wildman–Crippen MR) is 86.3 cm³/mol. The van der Waals surface area contributed by atoms with Crippen molar-refractivity contribution in [2.24, 2.45) is 5.14 Å². The van der Waals surface area contributed by atoms with Gasteiger partial charge >= 0.3 is 0 Å². The Labute approximate surface area is 139 Å². The number of primary sulfonamides is 1. The molecule has 0 amide bonds. The third-order valence-corrected chi connectivity index (χ3v) is 4.74. The van der Waals surface area contributed by atoms with Crippen LogP contribution in [0.15, 0.2) is 50.2 Å². The van der Waals surface area contributed by atoms with Crippen molar-refractivity contribution in [1.29, 1.82) is 0 Å². The van der Waals surface area contributed by atoms with Gasteiger partial charge in [0.2, 0.25) is 10.0 Å². The summed E-state index contributed by atoms with van der Waals surface area (Å²) in [6.07, 6.45) is 0. The molecule has 0 unspecified atom stereocenters. The summed E-state index contributed by atoms with van der Waals surface area (Å²) in [5.41, 5.74) is 0. The van der Waals surface area contributed by atoms with Crippen LogP contribution in [0.5, 0.6) is 17.2 Å². The second kappa shape index (κ2) is 6.35. The highest BCUT2D eigenvalue weighted by Crippen LogP contribution is 2.36. The van der Waals surface area contributed by atoms with E-state index in [9.17, 15) is 8.42 Å². The zero-order valence-electron chi connectivity index (χ0n) is 10.8. The Hall–Kier alpha value is -1.09. The lowest BCUT2D eigenvalue weighted by Crippen LogP contribution is -2.11. The monoisotopic (exact) mass is 435 g/mol. The van der Waals surface area contributed by atoms with Crippen LogP contribution in [0, 0.1) is 0 Å². The summed E-state index contributed by atoms with van der Waals surface area (Å²) in [4.78, 5) is 0.00974. The molecule has 21 heavy (non-hydrogen) atoms. The Kier molecular flexibility index (Phi) is 4.92. The average molecular weight is 437 g/mol. The molecule has 0 heterocycles. The van der Waals surface area contributed by atoms with Crippen LogP contribution < -0.4 is 14.6 Å². The number of rotatable bonds is 4. The lowest BCUT2D eigenvalue weighted by atomic mass is 10.3. The van der Waals surface area contributed by atoms with E-state index < -0.39 is 10.0 Å². The number of halogens is 2. The molecule has 112 valence electrons. The minimum Gasteiger partial charge on any atom is -0.497 e. The topological polar surface area (TPSA) is 78.6 Å². The van der Waals surface area contributed by atoms with Crippen molar-refractivity contribution < 1.29 is 17.9 Å². The van der Waals surface area contributed by atoms with Crippen molar-refractivity contribution >= 4 is 41.9 Å². The third kappa shape index (κ3) is 3.97. The first-order valence-corrected chi connectivity index (χ1v) is 8.78. The number of ether oxygens (including phenoxy) is 2. The number of methoxy groups -OCH3 is 1. The van der Waals surface area contributed by atoms with Crippen molar-refractivity contribution in [1.82, 2.24) is 0 Å². The van der Waals surface area contributed by atoms with Gasteiger partial charge in [-0.3, -0.25) is 0 Å².